The first kappa shape index (κ1) is 24.8. The number of hydrazone groups is 1. The average molecular weight is 510 g/mol. The first-order valence-corrected chi connectivity index (χ1v) is 11.4. The van der Waals surface area contributed by atoms with Crippen LogP contribution in [0.4, 0.5) is 18.9 Å². The molecule has 4 aromatic rings. The Morgan fingerprint density at radius 3 is 2.50 bits per heavy atom. The zero-order valence-corrected chi connectivity index (χ0v) is 19.4. The van der Waals surface area contributed by atoms with Crippen LogP contribution in [0.25, 0.3) is 16.3 Å². The number of aromatic nitrogens is 1. The van der Waals surface area contributed by atoms with Crippen molar-refractivity contribution in [3.63, 3.8) is 0 Å². The van der Waals surface area contributed by atoms with E-state index in [-0.39, 0.29) is 5.69 Å². The van der Waals surface area contributed by atoms with Gasteiger partial charge in [-0.15, -0.1) is 11.3 Å². The van der Waals surface area contributed by atoms with Gasteiger partial charge in [-0.3, -0.25) is 4.79 Å². The summed E-state index contributed by atoms with van der Waals surface area (Å²) in [5, 5.41) is 5.41. The average Bonchev–Trinajstić information content (AvgIpc) is 3.30. The van der Waals surface area contributed by atoms with E-state index in [0.29, 0.717) is 10.6 Å². The van der Waals surface area contributed by atoms with E-state index < -0.39 is 30.2 Å². The molecule has 0 fully saturated rings. The normalized spacial score (nSPS) is 11.9. The third-order valence-electron chi connectivity index (χ3n) is 4.79. The van der Waals surface area contributed by atoms with Crippen molar-refractivity contribution in [3.05, 3.63) is 101 Å². The lowest BCUT2D eigenvalue weighted by molar-refractivity contribution is -0.142. The van der Waals surface area contributed by atoms with Gasteiger partial charge in [-0.05, 0) is 42.0 Å². The van der Waals surface area contributed by atoms with Crippen molar-refractivity contribution in [3.8, 4) is 0 Å². The number of hydrogen-bond donors (Lipinski definition) is 0. The van der Waals surface area contributed by atoms with Crippen LogP contribution in [-0.4, -0.2) is 29.7 Å². The van der Waals surface area contributed by atoms with Crippen LogP contribution in [0.15, 0.2) is 90.0 Å². The minimum atomic E-state index is -4.61. The number of hydrogen-bond acceptors (Lipinski definition) is 6. The van der Waals surface area contributed by atoms with Crippen LogP contribution in [0, 0.1) is 0 Å². The van der Waals surface area contributed by atoms with Crippen LogP contribution < -0.4 is 5.01 Å². The third-order valence-corrected chi connectivity index (χ3v) is 5.79. The Hall–Kier alpha value is -4.31. The molecule has 0 unspecified atom stereocenters. The molecule has 6 nitrogen and oxygen atoms in total. The van der Waals surface area contributed by atoms with Crippen molar-refractivity contribution >= 4 is 51.4 Å². The van der Waals surface area contributed by atoms with E-state index >= 15 is 0 Å². The Kier molecular flexibility index (Phi) is 7.55. The SMILES string of the molecule is O=C(C=Cc1nc2ccccc2s1)OCC(=O)N(N=Cc1ccccc1)c1cccc(C(F)(F)F)c1. The Balaban J connectivity index is 1.48. The smallest absolute Gasteiger partial charge is 0.416 e. The fraction of sp³-hybridized carbons (Fsp3) is 0.0769. The molecule has 10 heteroatoms. The molecule has 0 radical (unpaired) electrons. The number of fused-ring (bicyclic) bond motifs is 1. The summed E-state index contributed by atoms with van der Waals surface area (Å²) < 4.78 is 45.6. The van der Waals surface area contributed by atoms with Gasteiger partial charge in [0.05, 0.1) is 27.7 Å². The molecular formula is C26H18F3N3O3S. The summed E-state index contributed by atoms with van der Waals surface area (Å²) >= 11 is 1.38. The van der Waals surface area contributed by atoms with Gasteiger partial charge in [-0.2, -0.15) is 23.3 Å². The van der Waals surface area contributed by atoms with Crippen LogP contribution in [0.3, 0.4) is 0 Å². The molecule has 4 rings (SSSR count). The molecule has 0 saturated heterocycles. The monoisotopic (exact) mass is 509 g/mol. The fourth-order valence-electron chi connectivity index (χ4n) is 3.10. The molecule has 0 N–H and O–H groups in total. The van der Waals surface area contributed by atoms with E-state index in [0.717, 1.165) is 33.4 Å². The quantitative estimate of drug-likeness (QED) is 0.134. The number of ether oxygens (including phenoxy) is 1. The van der Waals surface area contributed by atoms with Gasteiger partial charge in [0, 0.05) is 6.08 Å². The maximum Gasteiger partial charge on any atom is 0.416 e. The Morgan fingerprint density at radius 2 is 1.75 bits per heavy atom. The van der Waals surface area contributed by atoms with Crippen LogP contribution in [0.5, 0.6) is 0 Å². The van der Waals surface area contributed by atoms with Crippen LogP contribution in [0.2, 0.25) is 0 Å². The standard InChI is InChI=1S/C26H18F3N3O3S/c27-26(28,29)19-9-6-10-20(15-19)32(30-16-18-7-2-1-3-8-18)24(33)17-35-25(34)14-13-23-31-21-11-4-5-12-22(21)36-23/h1-16H,17H2. The number of para-hydroxylation sites is 1. The summed E-state index contributed by atoms with van der Waals surface area (Å²) in [6, 6.07) is 20.4. The predicted octanol–water partition coefficient (Wildman–Crippen LogP) is 5.94. The molecule has 0 aliphatic rings. The van der Waals surface area contributed by atoms with Gasteiger partial charge in [-0.1, -0.05) is 48.5 Å². The molecule has 1 heterocycles. The summed E-state index contributed by atoms with van der Waals surface area (Å²) in [5.41, 5.74) is 0.350. The fourth-order valence-corrected chi connectivity index (χ4v) is 3.97. The van der Waals surface area contributed by atoms with Crippen molar-refractivity contribution in [1.82, 2.24) is 4.98 Å². The molecule has 0 saturated carbocycles. The third kappa shape index (κ3) is 6.42. The molecule has 1 aromatic heterocycles. The van der Waals surface area contributed by atoms with E-state index in [1.165, 1.54) is 35.8 Å². The molecule has 36 heavy (non-hydrogen) atoms. The molecular weight excluding hydrogens is 491 g/mol. The lowest BCUT2D eigenvalue weighted by Gasteiger charge is -2.18. The number of nitrogens with zero attached hydrogens (tertiary/aromatic N) is 3. The van der Waals surface area contributed by atoms with Crippen LogP contribution >= 0.6 is 11.3 Å². The van der Waals surface area contributed by atoms with E-state index in [2.05, 4.69) is 10.1 Å². The highest BCUT2D eigenvalue weighted by atomic mass is 32.1. The zero-order valence-electron chi connectivity index (χ0n) is 18.6. The Labute approximate surface area is 208 Å². The maximum absolute atomic E-state index is 13.2. The van der Waals surface area contributed by atoms with Crippen LogP contribution in [-0.2, 0) is 20.5 Å². The Morgan fingerprint density at radius 1 is 1.00 bits per heavy atom. The molecule has 182 valence electrons. The van der Waals surface area contributed by atoms with Gasteiger partial charge in [0.25, 0.3) is 5.91 Å². The zero-order chi connectivity index (χ0) is 25.5. The van der Waals surface area contributed by atoms with Gasteiger partial charge in [-0.25, -0.2) is 9.78 Å². The number of benzene rings is 3. The van der Waals surface area contributed by atoms with Gasteiger partial charge >= 0.3 is 12.1 Å². The van der Waals surface area contributed by atoms with Gasteiger partial charge in [0.15, 0.2) is 6.61 Å². The Bertz CT molecular complexity index is 1400. The second kappa shape index (κ2) is 11.0. The second-order valence-corrected chi connectivity index (χ2v) is 8.43. The van der Waals surface area contributed by atoms with Gasteiger partial charge in [0.2, 0.25) is 0 Å². The first-order chi connectivity index (χ1) is 17.3. The molecule has 0 aliphatic carbocycles. The molecule has 0 bridgehead atoms. The number of alkyl halides is 3. The minimum absolute atomic E-state index is 0.122. The van der Waals surface area contributed by atoms with Crippen molar-refractivity contribution < 1.29 is 27.5 Å². The summed E-state index contributed by atoms with van der Waals surface area (Å²) in [4.78, 5) is 29.4. The highest BCUT2D eigenvalue weighted by Gasteiger charge is 2.31. The lowest BCUT2D eigenvalue weighted by Crippen LogP contribution is -2.30. The maximum atomic E-state index is 13.2. The summed E-state index contributed by atoms with van der Waals surface area (Å²) in [7, 11) is 0. The van der Waals surface area contributed by atoms with Gasteiger partial charge in [0.1, 0.15) is 5.01 Å². The number of carbonyl (C=O) groups is 2. The van der Waals surface area contributed by atoms with Crippen molar-refractivity contribution in [2.75, 3.05) is 11.6 Å². The topological polar surface area (TPSA) is 71.9 Å². The van der Waals surface area contributed by atoms with E-state index in [1.807, 2.05) is 24.3 Å². The van der Waals surface area contributed by atoms with E-state index in [4.69, 9.17) is 4.74 Å². The summed E-state index contributed by atoms with van der Waals surface area (Å²) in [5.74, 6) is -1.64. The second-order valence-electron chi connectivity index (χ2n) is 7.37. The molecule has 0 aliphatic heterocycles. The van der Waals surface area contributed by atoms with Crippen molar-refractivity contribution in [1.29, 1.82) is 0 Å². The molecule has 0 spiro atoms. The minimum Gasteiger partial charge on any atom is -0.452 e. The van der Waals surface area contributed by atoms with Gasteiger partial charge < -0.3 is 4.74 Å². The molecule has 1 amide bonds. The number of halogens is 3. The number of amides is 1. The number of rotatable bonds is 7. The number of carbonyl (C=O) groups excluding carboxylic acids is 2. The summed E-state index contributed by atoms with van der Waals surface area (Å²) in [6.07, 6.45) is -0.679. The van der Waals surface area contributed by atoms with Crippen molar-refractivity contribution in [2.45, 2.75) is 6.18 Å². The highest BCUT2D eigenvalue weighted by molar-refractivity contribution is 7.19. The lowest BCUT2D eigenvalue weighted by atomic mass is 10.2. The highest BCUT2D eigenvalue weighted by Crippen LogP contribution is 2.32. The van der Waals surface area contributed by atoms with Crippen molar-refractivity contribution in [2.24, 2.45) is 5.10 Å². The summed E-state index contributed by atoms with van der Waals surface area (Å²) in [6.45, 7) is -0.731. The number of anilines is 1. The number of thiazole rings is 1. The predicted molar refractivity (Wildman–Crippen MR) is 133 cm³/mol. The largest absolute Gasteiger partial charge is 0.452 e. The van der Waals surface area contributed by atoms with E-state index in [1.54, 1.807) is 30.3 Å². The molecule has 0 atom stereocenters. The first-order valence-electron chi connectivity index (χ1n) is 10.6. The van der Waals surface area contributed by atoms with Crippen LogP contribution in [0.1, 0.15) is 16.1 Å². The molecule has 3 aromatic carbocycles. The van der Waals surface area contributed by atoms with E-state index in [9.17, 15) is 22.8 Å². The number of esters is 1.